The van der Waals surface area contributed by atoms with Crippen LogP contribution in [0.2, 0.25) is 0 Å². The van der Waals surface area contributed by atoms with E-state index in [0.717, 1.165) is 11.1 Å². The van der Waals surface area contributed by atoms with Gasteiger partial charge in [-0.15, -0.1) is 0 Å². The fraction of sp³-hybridized carbons (Fsp3) is 0.444. The molecular formula is C27H37N3O3. The summed E-state index contributed by atoms with van der Waals surface area (Å²) in [5, 5.41) is 6.04. The van der Waals surface area contributed by atoms with Crippen molar-refractivity contribution >= 4 is 29.1 Å². The Morgan fingerprint density at radius 1 is 0.667 bits per heavy atom. The van der Waals surface area contributed by atoms with E-state index in [0.29, 0.717) is 11.4 Å². The molecule has 0 aliphatic carbocycles. The monoisotopic (exact) mass is 451 g/mol. The van der Waals surface area contributed by atoms with Crippen LogP contribution in [0.3, 0.4) is 0 Å². The third-order valence-corrected chi connectivity index (χ3v) is 5.76. The first kappa shape index (κ1) is 26.1. The van der Waals surface area contributed by atoms with Crippen molar-refractivity contribution in [2.75, 3.05) is 10.6 Å². The summed E-state index contributed by atoms with van der Waals surface area (Å²) in [6.45, 7) is 14.6. The molecule has 0 bridgehead atoms. The molecule has 0 atom stereocenters. The van der Waals surface area contributed by atoms with Crippen LogP contribution >= 0.6 is 0 Å². The predicted octanol–water partition coefficient (Wildman–Crippen LogP) is 5.30. The second-order valence-electron chi connectivity index (χ2n) is 11.1. The maximum atomic E-state index is 12.8. The SMILES string of the molecule is CC(C)(C)C(=O)Nc1ccccc1C(c1ccccc1NC(=O)C(C)(C)C)C(C)(C)C(N)=O. The van der Waals surface area contributed by atoms with Crippen LogP contribution in [0.15, 0.2) is 48.5 Å². The van der Waals surface area contributed by atoms with Crippen molar-refractivity contribution in [3.05, 3.63) is 59.7 Å². The number of amides is 3. The van der Waals surface area contributed by atoms with E-state index in [1.54, 1.807) is 13.8 Å². The summed E-state index contributed by atoms with van der Waals surface area (Å²) in [6.07, 6.45) is 0. The fourth-order valence-electron chi connectivity index (χ4n) is 3.43. The van der Waals surface area contributed by atoms with Crippen LogP contribution in [0.5, 0.6) is 0 Å². The van der Waals surface area contributed by atoms with Crippen LogP contribution in [-0.4, -0.2) is 17.7 Å². The van der Waals surface area contributed by atoms with Crippen molar-refractivity contribution in [1.82, 2.24) is 0 Å². The Balaban J connectivity index is 2.72. The van der Waals surface area contributed by atoms with Gasteiger partial charge in [-0.2, -0.15) is 0 Å². The number of primary amides is 1. The topological polar surface area (TPSA) is 101 Å². The molecule has 6 nitrogen and oxygen atoms in total. The summed E-state index contributed by atoms with van der Waals surface area (Å²) < 4.78 is 0. The molecule has 0 heterocycles. The number of nitrogens with one attached hydrogen (secondary N) is 2. The molecule has 178 valence electrons. The van der Waals surface area contributed by atoms with Gasteiger partial charge in [0.15, 0.2) is 0 Å². The van der Waals surface area contributed by atoms with Gasteiger partial charge in [0, 0.05) is 28.1 Å². The zero-order valence-corrected chi connectivity index (χ0v) is 21.0. The average Bonchev–Trinajstić information content (AvgIpc) is 2.69. The number of benzene rings is 2. The number of anilines is 2. The van der Waals surface area contributed by atoms with Gasteiger partial charge in [0.1, 0.15) is 0 Å². The van der Waals surface area contributed by atoms with Crippen LogP contribution in [0.1, 0.15) is 72.4 Å². The molecule has 0 aliphatic rings. The van der Waals surface area contributed by atoms with Crippen molar-refractivity contribution in [2.45, 2.75) is 61.3 Å². The molecule has 0 aromatic heterocycles. The van der Waals surface area contributed by atoms with Gasteiger partial charge in [0.05, 0.1) is 5.41 Å². The Hall–Kier alpha value is -3.15. The van der Waals surface area contributed by atoms with E-state index < -0.39 is 28.1 Å². The molecule has 0 aliphatic heterocycles. The van der Waals surface area contributed by atoms with Gasteiger partial charge < -0.3 is 16.4 Å². The maximum Gasteiger partial charge on any atom is 0.229 e. The van der Waals surface area contributed by atoms with Crippen LogP contribution in [0.25, 0.3) is 0 Å². The predicted molar refractivity (Wildman–Crippen MR) is 134 cm³/mol. The standard InChI is InChI=1S/C27H37N3O3/c1-25(2,3)23(32)29-19-15-11-9-13-17(19)21(27(7,8)22(28)31)18-14-10-12-16-20(18)30-24(33)26(4,5)6/h9-16,21H,1-8H3,(H2,28,31)(H,29,32)(H,30,33). The van der Waals surface area contributed by atoms with Crippen LogP contribution < -0.4 is 16.4 Å². The lowest BCUT2D eigenvalue weighted by Crippen LogP contribution is -2.39. The van der Waals surface area contributed by atoms with E-state index in [1.807, 2.05) is 90.1 Å². The molecule has 33 heavy (non-hydrogen) atoms. The number of nitrogens with two attached hydrogens (primary N) is 1. The zero-order chi connectivity index (χ0) is 25.2. The van der Waals surface area contributed by atoms with Gasteiger partial charge in [0.25, 0.3) is 0 Å². The molecule has 2 aromatic carbocycles. The highest BCUT2D eigenvalue weighted by atomic mass is 16.2. The first-order valence-electron chi connectivity index (χ1n) is 11.2. The molecule has 2 aromatic rings. The van der Waals surface area contributed by atoms with E-state index in [-0.39, 0.29) is 11.8 Å². The maximum absolute atomic E-state index is 12.8. The lowest BCUT2D eigenvalue weighted by atomic mass is 9.69. The minimum atomic E-state index is -1.02. The highest BCUT2D eigenvalue weighted by Gasteiger charge is 2.40. The second kappa shape index (κ2) is 9.38. The number of hydrogen-bond acceptors (Lipinski definition) is 3. The van der Waals surface area contributed by atoms with Gasteiger partial charge in [-0.25, -0.2) is 0 Å². The summed E-state index contributed by atoms with van der Waals surface area (Å²) in [6, 6.07) is 14.8. The minimum Gasteiger partial charge on any atom is -0.369 e. The molecule has 0 unspecified atom stereocenters. The van der Waals surface area contributed by atoms with E-state index >= 15 is 0 Å². The van der Waals surface area contributed by atoms with E-state index in [9.17, 15) is 14.4 Å². The van der Waals surface area contributed by atoms with Crippen molar-refractivity contribution in [3.8, 4) is 0 Å². The van der Waals surface area contributed by atoms with Gasteiger partial charge in [0.2, 0.25) is 17.7 Å². The molecular weight excluding hydrogens is 414 g/mol. The highest BCUT2D eigenvalue weighted by molar-refractivity contribution is 5.97. The first-order valence-corrected chi connectivity index (χ1v) is 11.2. The van der Waals surface area contributed by atoms with Crippen molar-refractivity contribution in [1.29, 1.82) is 0 Å². The molecule has 0 fully saturated rings. The highest BCUT2D eigenvalue weighted by Crippen LogP contribution is 2.46. The van der Waals surface area contributed by atoms with Crippen molar-refractivity contribution in [2.24, 2.45) is 22.0 Å². The first-order chi connectivity index (χ1) is 15.1. The average molecular weight is 452 g/mol. The van der Waals surface area contributed by atoms with Crippen molar-refractivity contribution < 1.29 is 14.4 Å². The Kier molecular flexibility index (Phi) is 7.42. The van der Waals surface area contributed by atoms with E-state index in [4.69, 9.17) is 5.73 Å². The fourth-order valence-corrected chi connectivity index (χ4v) is 3.43. The van der Waals surface area contributed by atoms with Crippen molar-refractivity contribution in [3.63, 3.8) is 0 Å². The smallest absolute Gasteiger partial charge is 0.229 e. The largest absolute Gasteiger partial charge is 0.369 e. The van der Waals surface area contributed by atoms with Gasteiger partial charge in [-0.05, 0) is 23.3 Å². The second-order valence-corrected chi connectivity index (χ2v) is 11.1. The molecule has 0 saturated carbocycles. The molecule has 0 spiro atoms. The van der Waals surface area contributed by atoms with Gasteiger partial charge >= 0.3 is 0 Å². The molecule has 0 radical (unpaired) electrons. The molecule has 3 amide bonds. The number of hydrogen-bond donors (Lipinski definition) is 3. The van der Waals surface area contributed by atoms with Crippen LogP contribution in [-0.2, 0) is 14.4 Å². The lowest BCUT2D eigenvalue weighted by Gasteiger charge is -2.35. The number of rotatable bonds is 6. The Morgan fingerprint density at radius 2 is 1.00 bits per heavy atom. The third-order valence-electron chi connectivity index (χ3n) is 5.76. The summed E-state index contributed by atoms with van der Waals surface area (Å²) >= 11 is 0. The quantitative estimate of drug-likeness (QED) is 0.555. The molecule has 0 saturated heterocycles. The summed E-state index contributed by atoms with van der Waals surface area (Å²) in [5.74, 6) is -1.29. The Morgan fingerprint density at radius 3 is 1.30 bits per heavy atom. The number of para-hydroxylation sites is 2. The Bertz CT molecular complexity index is 972. The van der Waals surface area contributed by atoms with Crippen LogP contribution in [0.4, 0.5) is 11.4 Å². The van der Waals surface area contributed by atoms with E-state index in [1.165, 1.54) is 0 Å². The Labute approximate surface area is 197 Å². The third kappa shape index (κ3) is 6.01. The summed E-state index contributed by atoms with van der Waals surface area (Å²) in [7, 11) is 0. The number of carbonyl (C=O) groups excluding carboxylic acids is 3. The van der Waals surface area contributed by atoms with E-state index in [2.05, 4.69) is 10.6 Å². The van der Waals surface area contributed by atoms with Crippen LogP contribution in [0, 0.1) is 16.2 Å². The number of carbonyl (C=O) groups is 3. The van der Waals surface area contributed by atoms with Gasteiger partial charge in [-0.1, -0.05) is 91.8 Å². The lowest BCUT2D eigenvalue weighted by molar-refractivity contribution is -0.126. The minimum absolute atomic E-state index is 0.139. The molecule has 6 heteroatoms. The summed E-state index contributed by atoms with van der Waals surface area (Å²) in [4.78, 5) is 38.2. The zero-order valence-electron chi connectivity index (χ0n) is 21.0. The van der Waals surface area contributed by atoms with Gasteiger partial charge in [-0.3, -0.25) is 14.4 Å². The normalized spacial score (nSPS) is 12.4. The summed E-state index contributed by atoms with van der Waals surface area (Å²) in [5.41, 5.74) is 6.36. The molecule has 4 N–H and O–H groups in total. The molecule has 2 rings (SSSR count).